The molecule has 0 radical (unpaired) electrons. The first kappa shape index (κ1) is 36.4. The van der Waals surface area contributed by atoms with Crippen LogP contribution in [0.5, 0.6) is 17.5 Å². The largest absolute Gasteiger partial charge is 0.504 e. The monoisotopic (exact) mass is 753 g/mol. The van der Waals surface area contributed by atoms with Crippen LogP contribution in [0.25, 0.3) is 32.8 Å². The van der Waals surface area contributed by atoms with E-state index in [4.69, 9.17) is 18.9 Å². The maximum Gasteiger partial charge on any atom is 0.410 e. The van der Waals surface area contributed by atoms with Gasteiger partial charge in [-0.25, -0.2) is 22.4 Å². The zero-order valence-corrected chi connectivity index (χ0v) is 30.6. The molecule has 4 aliphatic heterocycles. The summed E-state index contributed by atoms with van der Waals surface area (Å²) in [5.74, 6) is -4.04. The number of hydrogen-bond acceptors (Lipinski definition) is 10. The van der Waals surface area contributed by atoms with Crippen LogP contribution in [0.15, 0.2) is 30.3 Å². The topological polar surface area (TPSA) is 110 Å². The Morgan fingerprint density at radius 1 is 1.02 bits per heavy atom. The van der Waals surface area contributed by atoms with E-state index in [-0.39, 0.29) is 78.9 Å². The van der Waals surface area contributed by atoms with Gasteiger partial charge in [-0.1, -0.05) is 12.1 Å². The summed E-state index contributed by atoms with van der Waals surface area (Å²) in [4.78, 5) is 27.9. The number of anilines is 1. The number of aromatic hydroxyl groups is 1. The van der Waals surface area contributed by atoms with Crippen LogP contribution >= 0.6 is 0 Å². The number of fused-ring (bicyclic) bond motifs is 5. The Bertz CT molecular complexity index is 2120. The third-order valence-electron chi connectivity index (χ3n) is 11.1. The average molecular weight is 754 g/mol. The Hall–Kier alpha value is -4.63. The van der Waals surface area contributed by atoms with Gasteiger partial charge in [0.05, 0.1) is 28.6 Å². The van der Waals surface area contributed by atoms with E-state index in [9.17, 15) is 14.3 Å². The third-order valence-corrected chi connectivity index (χ3v) is 11.1. The molecule has 0 saturated carbocycles. The number of methoxy groups -OCH3 is 1. The molecule has 1 aromatic heterocycles. The number of rotatable bonds is 8. The molecule has 11 nitrogen and oxygen atoms in total. The molecule has 8 rings (SSSR count). The number of hydrogen-bond donors (Lipinski definition) is 1. The van der Waals surface area contributed by atoms with Gasteiger partial charge in [0.2, 0.25) is 0 Å². The number of nitrogens with zero attached hydrogens (tertiary/aromatic N) is 5. The van der Waals surface area contributed by atoms with Crippen LogP contribution in [0.4, 0.5) is 28.2 Å². The van der Waals surface area contributed by atoms with Crippen molar-refractivity contribution in [1.29, 1.82) is 0 Å². The van der Waals surface area contributed by atoms with Gasteiger partial charge in [-0.3, -0.25) is 9.80 Å². The van der Waals surface area contributed by atoms with Gasteiger partial charge in [-0.2, -0.15) is 9.97 Å². The summed E-state index contributed by atoms with van der Waals surface area (Å²) in [5.41, 5.74) is -2.67. The molecule has 2 bridgehead atoms. The molecule has 2 unspecified atom stereocenters. The zero-order chi connectivity index (χ0) is 38.1. The highest BCUT2D eigenvalue weighted by Crippen LogP contribution is 2.47. The normalized spacial score (nSPS) is 24.1. The molecule has 0 spiro atoms. The van der Waals surface area contributed by atoms with Gasteiger partial charge in [0.15, 0.2) is 24.2 Å². The number of aromatic nitrogens is 2. The van der Waals surface area contributed by atoms with Gasteiger partial charge < -0.3 is 29.0 Å². The Balaban J connectivity index is 1.27. The molecule has 4 atom stereocenters. The van der Waals surface area contributed by atoms with Gasteiger partial charge in [0, 0.05) is 44.1 Å². The Morgan fingerprint density at radius 2 is 1.78 bits per heavy atom. The third kappa shape index (κ3) is 6.28. The number of amides is 1. The van der Waals surface area contributed by atoms with Crippen molar-refractivity contribution in [2.75, 3.05) is 51.6 Å². The predicted molar refractivity (Wildman–Crippen MR) is 192 cm³/mol. The van der Waals surface area contributed by atoms with Crippen molar-refractivity contribution in [2.24, 2.45) is 0 Å². The van der Waals surface area contributed by atoms with Crippen molar-refractivity contribution in [3.8, 4) is 28.6 Å². The number of phenols is 1. The minimum Gasteiger partial charge on any atom is -0.504 e. The van der Waals surface area contributed by atoms with E-state index in [0.717, 1.165) is 13.0 Å². The number of benzene rings is 3. The molecule has 4 aliphatic rings. The Labute approximate surface area is 309 Å². The number of alkyl halides is 1. The van der Waals surface area contributed by atoms with Crippen molar-refractivity contribution in [3.63, 3.8) is 0 Å². The lowest BCUT2D eigenvalue weighted by Gasteiger charge is -2.42. The summed E-state index contributed by atoms with van der Waals surface area (Å²) < 4.78 is 86.6. The summed E-state index contributed by atoms with van der Waals surface area (Å²) in [7, 11) is 1.41. The van der Waals surface area contributed by atoms with Crippen LogP contribution < -0.4 is 14.4 Å². The quantitative estimate of drug-likeness (QED) is 0.148. The van der Waals surface area contributed by atoms with Crippen LogP contribution in [-0.2, 0) is 9.47 Å². The van der Waals surface area contributed by atoms with Gasteiger partial charge in [0.25, 0.3) is 0 Å². The molecule has 4 saturated heterocycles. The summed E-state index contributed by atoms with van der Waals surface area (Å²) >= 11 is 0. The smallest absolute Gasteiger partial charge is 0.410 e. The lowest BCUT2D eigenvalue weighted by molar-refractivity contribution is 0.0122. The standard InChI is InChI=1S/C39H43F4N5O6/c1-38(2,3)54-37(50)48-23-9-10-24(48)18-46(17-23)35-30-33(44-36(45-35)52-19-39-11-6-12-47(39)16-22(40)15-39)31(42)29(32(43)34(30)49)26-14-25(53-20-51-4)13-21-7-5-8-27(41)28(21)26/h5,7-8,13-14,22-24,49H,6,9-12,15-20H2,1-4H3/t22-,23?,24?,39+/m1/s1. The van der Waals surface area contributed by atoms with Crippen molar-refractivity contribution in [1.82, 2.24) is 19.8 Å². The van der Waals surface area contributed by atoms with Crippen LogP contribution in [0.1, 0.15) is 52.9 Å². The van der Waals surface area contributed by atoms with Gasteiger partial charge >= 0.3 is 12.1 Å². The first-order chi connectivity index (χ1) is 25.8. The molecule has 1 amide bonds. The molecule has 15 heteroatoms. The molecule has 54 heavy (non-hydrogen) atoms. The summed E-state index contributed by atoms with van der Waals surface area (Å²) in [6.45, 7) is 6.69. The fourth-order valence-electron chi connectivity index (χ4n) is 8.88. The lowest BCUT2D eigenvalue weighted by atomic mass is 9.94. The summed E-state index contributed by atoms with van der Waals surface area (Å²) in [6, 6.07) is 6.16. The molecule has 3 aromatic carbocycles. The van der Waals surface area contributed by atoms with Crippen molar-refractivity contribution < 1.29 is 46.4 Å². The highest BCUT2D eigenvalue weighted by atomic mass is 19.1. The molecule has 288 valence electrons. The average Bonchev–Trinajstić information content (AvgIpc) is 3.74. The Morgan fingerprint density at radius 3 is 2.50 bits per heavy atom. The molecule has 4 fully saturated rings. The molecule has 4 aromatic rings. The number of carbonyl (C=O) groups excluding carboxylic acids is 1. The van der Waals surface area contributed by atoms with Gasteiger partial charge in [-0.05, 0) is 76.6 Å². The molecular weight excluding hydrogens is 710 g/mol. The van der Waals surface area contributed by atoms with E-state index in [0.29, 0.717) is 31.2 Å². The van der Waals surface area contributed by atoms with E-state index in [1.165, 1.54) is 31.4 Å². The second kappa shape index (κ2) is 13.6. The maximum absolute atomic E-state index is 17.2. The molecule has 5 heterocycles. The second-order valence-electron chi connectivity index (χ2n) is 15.8. The van der Waals surface area contributed by atoms with E-state index in [1.807, 2.05) is 0 Å². The first-order valence-electron chi connectivity index (χ1n) is 18.3. The summed E-state index contributed by atoms with van der Waals surface area (Å²) in [6.07, 6.45) is 1.70. The maximum atomic E-state index is 17.2. The van der Waals surface area contributed by atoms with Crippen molar-refractivity contribution >= 4 is 33.6 Å². The van der Waals surface area contributed by atoms with E-state index >= 15 is 13.2 Å². The first-order valence-corrected chi connectivity index (χ1v) is 18.3. The second-order valence-corrected chi connectivity index (χ2v) is 15.8. The number of halogens is 4. The highest BCUT2D eigenvalue weighted by Gasteiger charge is 2.50. The fourth-order valence-corrected chi connectivity index (χ4v) is 8.88. The van der Waals surface area contributed by atoms with Gasteiger partial charge in [0.1, 0.15) is 41.3 Å². The SMILES string of the molecule is COCOc1cc(-c2c(F)c(O)c3c(N4CC5CCC(C4)N5C(=O)OC(C)(C)C)nc(OC[C@@]45CCCN4C[C@H](F)C5)nc3c2F)c2c(F)cccc2c1. The summed E-state index contributed by atoms with van der Waals surface area (Å²) in [5, 5.41) is 11.6. The van der Waals surface area contributed by atoms with E-state index in [1.54, 1.807) is 36.6 Å². The number of ether oxygens (including phenoxy) is 4. The highest BCUT2D eigenvalue weighted by molar-refractivity contribution is 6.04. The van der Waals surface area contributed by atoms with Crippen LogP contribution in [0.3, 0.4) is 0 Å². The van der Waals surface area contributed by atoms with Crippen molar-refractivity contribution in [3.05, 3.63) is 47.8 Å². The lowest BCUT2D eigenvalue weighted by Crippen LogP contribution is -2.57. The predicted octanol–water partition coefficient (Wildman–Crippen LogP) is 7.10. The number of carbonyl (C=O) groups is 1. The minimum absolute atomic E-state index is 0.0152. The van der Waals surface area contributed by atoms with E-state index < -0.39 is 57.7 Å². The number of piperazine rings is 1. The van der Waals surface area contributed by atoms with Gasteiger partial charge in [-0.15, -0.1) is 0 Å². The van der Waals surface area contributed by atoms with Crippen molar-refractivity contribution in [2.45, 2.75) is 82.3 Å². The molecule has 1 N–H and O–H groups in total. The molecular formula is C39H43F4N5O6. The number of phenolic OH excluding ortho intramolecular Hbond substituents is 1. The Kier molecular flexibility index (Phi) is 9.15. The van der Waals surface area contributed by atoms with E-state index in [2.05, 4.69) is 14.9 Å². The fraction of sp³-hybridized carbons (Fsp3) is 0.513. The zero-order valence-electron chi connectivity index (χ0n) is 30.6. The van der Waals surface area contributed by atoms with Crippen LogP contribution in [0.2, 0.25) is 0 Å². The minimum atomic E-state index is -1.34. The van der Waals surface area contributed by atoms with Crippen LogP contribution in [-0.4, -0.2) is 107 Å². The van der Waals surface area contributed by atoms with Crippen LogP contribution in [0, 0.1) is 17.5 Å². The molecule has 0 aliphatic carbocycles.